The van der Waals surface area contributed by atoms with Gasteiger partial charge in [-0.3, -0.25) is 4.79 Å². The molecule has 3 heteroatoms. The minimum absolute atomic E-state index is 0.188. The third-order valence-electron chi connectivity index (χ3n) is 3.67. The molecule has 1 aromatic rings. The van der Waals surface area contributed by atoms with Crippen LogP contribution in [0, 0.1) is 0 Å². The van der Waals surface area contributed by atoms with E-state index in [4.69, 9.17) is 0 Å². The van der Waals surface area contributed by atoms with Gasteiger partial charge in [0.25, 0.3) is 5.91 Å². The van der Waals surface area contributed by atoms with E-state index in [0.29, 0.717) is 6.04 Å². The molecular formula is C15H22N2O. The maximum atomic E-state index is 12.4. The highest BCUT2D eigenvalue weighted by atomic mass is 16.2. The Bertz CT molecular complexity index is 417. The number of nitrogens with zero attached hydrogens (tertiary/aromatic N) is 1. The molecule has 0 aliphatic carbocycles. The molecule has 0 spiro atoms. The summed E-state index contributed by atoms with van der Waals surface area (Å²) in [6.07, 6.45) is 3.23. The summed E-state index contributed by atoms with van der Waals surface area (Å²) in [5.41, 5.74) is 2.07. The zero-order chi connectivity index (χ0) is 13.0. The molecule has 2 rings (SSSR count). The molecule has 0 saturated carbocycles. The minimum atomic E-state index is 0.188. The molecule has 1 aliphatic heterocycles. The Labute approximate surface area is 109 Å². The second-order valence-electron chi connectivity index (χ2n) is 4.93. The SMILES string of the molecule is CCCC(CN1CCc2ccccc2C1=O)NC. The van der Waals surface area contributed by atoms with Crippen LogP contribution in [0.25, 0.3) is 0 Å². The first-order valence-corrected chi connectivity index (χ1v) is 6.80. The third kappa shape index (κ3) is 2.72. The van der Waals surface area contributed by atoms with Crippen molar-refractivity contribution in [3.8, 4) is 0 Å². The van der Waals surface area contributed by atoms with Gasteiger partial charge in [-0.05, 0) is 31.5 Å². The highest BCUT2D eigenvalue weighted by Crippen LogP contribution is 2.19. The largest absolute Gasteiger partial charge is 0.337 e. The van der Waals surface area contributed by atoms with Crippen LogP contribution in [0.3, 0.4) is 0 Å². The van der Waals surface area contributed by atoms with Crippen molar-refractivity contribution in [3.05, 3.63) is 35.4 Å². The van der Waals surface area contributed by atoms with Crippen LogP contribution in [0.2, 0.25) is 0 Å². The van der Waals surface area contributed by atoms with E-state index in [1.165, 1.54) is 5.56 Å². The molecule has 0 fully saturated rings. The van der Waals surface area contributed by atoms with Crippen molar-refractivity contribution >= 4 is 5.91 Å². The Hall–Kier alpha value is -1.35. The van der Waals surface area contributed by atoms with Gasteiger partial charge in [0.15, 0.2) is 0 Å². The van der Waals surface area contributed by atoms with Crippen LogP contribution in [0.4, 0.5) is 0 Å². The van der Waals surface area contributed by atoms with Gasteiger partial charge < -0.3 is 10.2 Å². The summed E-state index contributed by atoms with van der Waals surface area (Å²) >= 11 is 0. The number of nitrogens with one attached hydrogen (secondary N) is 1. The summed E-state index contributed by atoms with van der Waals surface area (Å²) < 4.78 is 0. The lowest BCUT2D eigenvalue weighted by atomic mass is 9.98. The maximum Gasteiger partial charge on any atom is 0.254 e. The van der Waals surface area contributed by atoms with E-state index >= 15 is 0 Å². The fourth-order valence-electron chi connectivity index (χ4n) is 2.59. The average molecular weight is 246 g/mol. The van der Waals surface area contributed by atoms with Gasteiger partial charge in [0.2, 0.25) is 0 Å². The number of hydrogen-bond acceptors (Lipinski definition) is 2. The first-order valence-electron chi connectivity index (χ1n) is 6.80. The van der Waals surface area contributed by atoms with E-state index in [0.717, 1.165) is 37.9 Å². The lowest BCUT2D eigenvalue weighted by Gasteiger charge is -2.31. The fraction of sp³-hybridized carbons (Fsp3) is 0.533. The summed E-state index contributed by atoms with van der Waals surface area (Å²) in [7, 11) is 1.97. The Balaban J connectivity index is 2.07. The molecule has 98 valence electrons. The van der Waals surface area contributed by atoms with Gasteiger partial charge >= 0.3 is 0 Å². The van der Waals surface area contributed by atoms with Crippen LogP contribution in [0.15, 0.2) is 24.3 Å². The molecule has 18 heavy (non-hydrogen) atoms. The molecule has 0 aromatic heterocycles. The van der Waals surface area contributed by atoms with Crippen molar-refractivity contribution in [1.29, 1.82) is 0 Å². The van der Waals surface area contributed by atoms with Crippen molar-refractivity contribution in [2.75, 3.05) is 20.1 Å². The molecule has 1 aromatic carbocycles. The normalized spacial score (nSPS) is 16.6. The number of benzene rings is 1. The lowest BCUT2D eigenvalue weighted by Crippen LogP contribution is -2.45. The molecule has 3 nitrogen and oxygen atoms in total. The van der Waals surface area contributed by atoms with E-state index in [1.807, 2.05) is 30.1 Å². The summed E-state index contributed by atoms with van der Waals surface area (Å²) in [4.78, 5) is 14.4. The number of carbonyl (C=O) groups excluding carboxylic acids is 1. The van der Waals surface area contributed by atoms with Crippen LogP contribution in [-0.4, -0.2) is 37.0 Å². The smallest absolute Gasteiger partial charge is 0.254 e. The van der Waals surface area contributed by atoms with Gasteiger partial charge in [0.1, 0.15) is 0 Å². The Morgan fingerprint density at radius 3 is 2.89 bits per heavy atom. The van der Waals surface area contributed by atoms with Gasteiger partial charge in [-0.2, -0.15) is 0 Å². The van der Waals surface area contributed by atoms with Gasteiger partial charge in [-0.1, -0.05) is 31.5 Å². The average Bonchev–Trinajstić information content (AvgIpc) is 2.41. The zero-order valence-electron chi connectivity index (χ0n) is 11.3. The van der Waals surface area contributed by atoms with Gasteiger partial charge in [-0.15, -0.1) is 0 Å². The third-order valence-corrected chi connectivity index (χ3v) is 3.67. The first kappa shape index (κ1) is 13.1. The van der Waals surface area contributed by atoms with Gasteiger partial charge in [0, 0.05) is 24.7 Å². The second-order valence-corrected chi connectivity index (χ2v) is 4.93. The zero-order valence-corrected chi connectivity index (χ0v) is 11.3. The highest BCUT2D eigenvalue weighted by molar-refractivity contribution is 5.96. The Kier molecular flexibility index (Phi) is 4.37. The van der Waals surface area contributed by atoms with Crippen molar-refractivity contribution < 1.29 is 4.79 Å². The number of rotatable bonds is 5. The van der Waals surface area contributed by atoms with Crippen molar-refractivity contribution in [2.45, 2.75) is 32.2 Å². The lowest BCUT2D eigenvalue weighted by molar-refractivity contribution is 0.0721. The molecule has 1 N–H and O–H groups in total. The molecular weight excluding hydrogens is 224 g/mol. The number of hydrogen-bond donors (Lipinski definition) is 1. The van der Waals surface area contributed by atoms with E-state index in [9.17, 15) is 4.79 Å². The van der Waals surface area contributed by atoms with Crippen LogP contribution in [0.5, 0.6) is 0 Å². The highest BCUT2D eigenvalue weighted by Gasteiger charge is 2.25. The predicted molar refractivity (Wildman–Crippen MR) is 73.8 cm³/mol. The predicted octanol–water partition coefficient (Wildman–Crippen LogP) is 2.07. The monoisotopic (exact) mass is 246 g/mol. The maximum absolute atomic E-state index is 12.4. The fourth-order valence-corrected chi connectivity index (χ4v) is 2.59. The molecule has 1 aliphatic rings. The molecule has 1 unspecified atom stereocenters. The molecule has 0 radical (unpaired) electrons. The molecule has 1 heterocycles. The second kappa shape index (κ2) is 6.01. The number of fused-ring (bicyclic) bond motifs is 1. The number of likely N-dealkylation sites (N-methyl/N-ethyl adjacent to an activating group) is 1. The van der Waals surface area contributed by atoms with Crippen molar-refractivity contribution in [2.24, 2.45) is 0 Å². The standard InChI is InChI=1S/C15H22N2O/c1-3-6-13(16-2)11-17-10-9-12-7-4-5-8-14(12)15(17)18/h4-5,7-8,13,16H,3,6,9-11H2,1-2H3. The molecule has 1 atom stereocenters. The summed E-state index contributed by atoms with van der Waals surface area (Å²) in [5.74, 6) is 0.188. The van der Waals surface area contributed by atoms with Crippen molar-refractivity contribution in [1.82, 2.24) is 10.2 Å². The van der Waals surface area contributed by atoms with Crippen LogP contribution < -0.4 is 5.32 Å². The number of amides is 1. The van der Waals surface area contributed by atoms with E-state index in [2.05, 4.69) is 18.3 Å². The van der Waals surface area contributed by atoms with E-state index in [-0.39, 0.29) is 5.91 Å². The van der Waals surface area contributed by atoms with Crippen LogP contribution in [-0.2, 0) is 6.42 Å². The molecule has 1 amide bonds. The van der Waals surface area contributed by atoms with Gasteiger partial charge in [-0.25, -0.2) is 0 Å². The van der Waals surface area contributed by atoms with E-state index in [1.54, 1.807) is 0 Å². The van der Waals surface area contributed by atoms with Crippen LogP contribution >= 0.6 is 0 Å². The molecule has 0 bridgehead atoms. The summed E-state index contributed by atoms with van der Waals surface area (Å²) in [6, 6.07) is 8.37. The Morgan fingerprint density at radius 1 is 1.39 bits per heavy atom. The molecule has 0 saturated heterocycles. The topological polar surface area (TPSA) is 32.3 Å². The van der Waals surface area contributed by atoms with Gasteiger partial charge in [0.05, 0.1) is 0 Å². The quantitative estimate of drug-likeness (QED) is 0.862. The van der Waals surface area contributed by atoms with E-state index < -0.39 is 0 Å². The Morgan fingerprint density at radius 2 is 2.17 bits per heavy atom. The minimum Gasteiger partial charge on any atom is -0.337 e. The summed E-state index contributed by atoms with van der Waals surface area (Å²) in [6.45, 7) is 3.84. The van der Waals surface area contributed by atoms with Crippen LogP contribution in [0.1, 0.15) is 35.7 Å². The first-order chi connectivity index (χ1) is 8.76. The van der Waals surface area contributed by atoms with Crippen molar-refractivity contribution in [3.63, 3.8) is 0 Å². The number of carbonyl (C=O) groups is 1. The summed E-state index contributed by atoms with van der Waals surface area (Å²) in [5, 5.41) is 3.30.